The Bertz CT molecular complexity index is 573. The van der Waals surface area contributed by atoms with Gasteiger partial charge in [0.25, 0.3) is 0 Å². The van der Waals surface area contributed by atoms with Crippen molar-refractivity contribution < 1.29 is 24.2 Å². The summed E-state index contributed by atoms with van der Waals surface area (Å²) in [5.41, 5.74) is -0.640. The molecule has 0 spiro atoms. The number of carboxylic acids is 1. The Kier molecular flexibility index (Phi) is 4.52. The van der Waals surface area contributed by atoms with E-state index in [-0.39, 0.29) is 0 Å². The lowest BCUT2D eigenvalue weighted by atomic mass is 10.0. The lowest BCUT2D eigenvalue weighted by Crippen LogP contribution is -2.31. The molecule has 0 unspecified atom stereocenters. The standard InChI is InChI=1S/C17H21NO5/c19-15(17(7-8-17)16(20)21)18-13-1-3-14(4-2-13)23-11-12-5-9-22-10-6-12/h1-4,12H,5-11H2,(H,18,19)(H,20,21). The molecule has 23 heavy (non-hydrogen) atoms. The highest BCUT2D eigenvalue weighted by Gasteiger charge is 2.57. The van der Waals surface area contributed by atoms with Crippen LogP contribution in [0, 0.1) is 11.3 Å². The zero-order valence-electron chi connectivity index (χ0n) is 12.9. The second kappa shape index (κ2) is 6.58. The average Bonchev–Trinajstić information content (AvgIpc) is 3.37. The molecule has 1 aliphatic heterocycles. The first-order chi connectivity index (χ1) is 11.1. The van der Waals surface area contributed by atoms with Crippen LogP contribution in [0.4, 0.5) is 5.69 Å². The van der Waals surface area contributed by atoms with Gasteiger partial charge in [-0.05, 0) is 55.9 Å². The first kappa shape index (κ1) is 15.8. The Morgan fingerprint density at radius 1 is 1.22 bits per heavy atom. The van der Waals surface area contributed by atoms with Crippen LogP contribution in [0.1, 0.15) is 25.7 Å². The predicted molar refractivity (Wildman–Crippen MR) is 83.4 cm³/mol. The van der Waals surface area contributed by atoms with Crippen LogP contribution < -0.4 is 10.1 Å². The normalized spacial score (nSPS) is 19.8. The summed E-state index contributed by atoms with van der Waals surface area (Å²) < 4.78 is 11.1. The van der Waals surface area contributed by atoms with E-state index in [1.807, 2.05) is 0 Å². The van der Waals surface area contributed by atoms with Crippen LogP contribution in [-0.4, -0.2) is 36.8 Å². The predicted octanol–water partition coefficient (Wildman–Crippen LogP) is 2.30. The van der Waals surface area contributed by atoms with Crippen molar-refractivity contribution in [3.05, 3.63) is 24.3 Å². The molecule has 1 amide bonds. The minimum Gasteiger partial charge on any atom is -0.493 e. The molecular formula is C17H21NO5. The third-order valence-corrected chi connectivity index (χ3v) is 4.53. The first-order valence-electron chi connectivity index (χ1n) is 7.96. The Morgan fingerprint density at radius 3 is 2.43 bits per heavy atom. The number of hydrogen-bond acceptors (Lipinski definition) is 4. The number of aliphatic carboxylic acids is 1. The Labute approximate surface area is 134 Å². The van der Waals surface area contributed by atoms with Gasteiger partial charge >= 0.3 is 5.97 Å². The topological polar surface area (TPSA) is 84.9 Å². The van der Waals surface area contributed by atoms with Crippen molar-refractivity contribution in [1.29, 1.82) is 0 Å². The van der Waals surface area contributed by atoms with Crippen LogP contribution in [0.5, 0.6) is 5.75 Å². The number of hydrogen-bond donors (Lipinski definition) is 2. The van der Waals surface area contributed by atoms with E-state index in [9.17, 15) is 9.59 Å². The second-order valence-electron chi connectivity index (χ2n) is 6.23. The number of carbonyl (C=O) groups excluding carboxylic acids is 1. The number of amides is 1. The van der Waals surface area contributed by atoms with E-state index in [0.717, 1.165) is 31.8 Å². The minimum atomic E-state index is -1.22. The summed E-state index contributed by atoms with van der Waals surface area (Å²) in [7, 11) is 0. The van der Waals surface area contributed by atoms with E-state index in [1.54, 1.807) is 24.3 Å². The summed E-state index contributed by atoms with van der Waals surface area (Å²) in [5.74, 6) is -0.227. The molecule has 1 saturated heterocycles. The van der Waals surface area contributed by atoms with E-state index in [4.69, 9.17) is 14.6 Å². The third kappa shape index (κ3) is 3.64. The maximum atomic E-state index is 12.0. The molecule has 2 fully saturated rings. The lowest BCUT2D eigenvalue weighted by Gasteiger charge is -2.22. The number of ether oxygens (including phenoxy) is 2. The molecule has 1 heterocycles. The molecule has 0 radical (unpaired) electrons. The van der Waals surface area contributed by atoms with Gasteiger partial charge in [-0.15, -0.1) is 0 Å². The third-order valence-electron chi connectivity index (χ3n) is 4.53. The van der Waals surface area contributed by atoms with Crippen molar-refractivity contribution in [3.63, 3.8) is 0 Å². The van der Waals surface area contributed by atoms with Gasteiger partial charge in [-0.3, -0.25) is 9.59 Å². The van der Waals surface area contributed by atoms with Gasteiger partial charge in [0.2, 0.25) is 5.91 Å². The molecule has 1 aliphatic carbocycles. The van der Waals surface area contributed by atoms with Crippen molar-refractivity contribution in [2.45, 2.75) is 25.7 Å². The lowest BCUT2D eigenvalue weighted by molar-refractivity contribution is -0.147. The van der Waals surface area contributed by atoms with E-state index in [1.165, 1.54) is 0 Å². The van der Waals surface area contributed by atoms with E-state index < -0.39 is 17.3 Å². The summed E-state index contributed by atoms with van der Waals surface area (Å²) in [4.78, 5) is 23.1. The molecule has 0 atom stereocenters. The highest BCUT2D eigenvalue weighted by atomic mass is 16.5. The monoisotopic (exact) mass is 319 g/mol. The van der Waals surface area contributed by atoms with Crippen molar-refractivity contribution in [2.75, 3.05) is 25.1 Å². The smallest absolute Gasteiger partial charge is 0.319 e. The van der Waals surface area contributed by atoms with Crippen LogP contribution >= 0.6 is 0 Å². The zero-order valence-corrected chi connectivity index (χ0v) is 12.9. The molecule has 0 aromatic heterocycles. The maximum absolute atomic E-state index is 12.0. The van der Waals surface area contributed by atoms with E-state index in [0.29, 0.717) is 31.1 Å². The fourth-order valence-corrected chi connectivity index (χ4v) is 2.68. The number of rotatable bonds is 6. The molecule has 124 valence electrons. The summed E-state index contributed by atoms with van der Waals surface area (Å²) >= 11 is 0. The average molecular weight is 319 g/mol. The van der Waals surface area contributed by atoms with Gasteiger partial charge in [-0.25, -0.2) is 0 Å². The summed E-state index contributed by atoms with van der Waals surface area (Å²) in [6.45, 7) is 2.26. The van der Waals surface area contributed by atoms with Crippen LogP contribution in [0.2, 0.25) is 0 Å². The van der Waals surface area contributed by atoms with Gasteiger partial charge in [-0.2, -0.15) is 0 Å². The SMILES string of the molecule is O=C(O)C1(C(=O)Nc2ccc(OCC3CCOCC3)cc2)CC1. The number of nitrogens with one attached hydrogen (secondary N) is 1. The molecule has 3 rings (SSSR count). The number of anilines is 1. The maximum Gasteiger partial charge on any atom is 0.319 e. The first-order valence-corrected chi connectivity index (χ1v) is 7.96. The molecular weight excluding hydrogens is 298 g/mol. The molecule has 1 aromatic carbocycles. The molecule has 0 bridgehead atoms. The number of benzene rings is 1. The molecule has 2 aliphatic rings. The second-order valence-corrected chi connectivity index (χ2v) is 6.23. The summed E-state index contributed by atoms with van der Waals surface area (Å²) in [6, 6.07) is 7.04. The van der Waals surface area contributed by atoms with Crippen molar-refractivity contribution in [2.24, 2.45) is 11.3 Å². The van der Waals surface area contributed by atoms with Crippen LogP contribution in [-0.2, 0) is 14.3 Å². The molecule has 2 N–H and O–H groups in total. The number of carbonyl (C=O) groups is 2. The summed E-state index contributed by atoms with van der Waals surface area (Å²) in [5, 5.41) is 11.8. The van der Waals surface area contributed by atoms with Gasteiger partial charge in [0.05, 0.1) is 6.61 Å². The number of carboxylic acid groups (broad SMARTS) is 1. The minimum absolute atomic E-state index is 0.403. The zero-order chi connectivity index (χ0) is 16.3. The Hall–Kier alpha value is -2.08. The molecule has 6 heteroatoms. The quantitative estimate of drug-likeness (QED) is 0.786. The van der Waals surface area contributed by atoms with E-state index in [2.05, 4.69) is 5.32 Å². The van der Waals surface area contributed by atoms with Crippen LogP contribution in [0.25, 0.3) is 0 Å². The van der Waals surface area contributed by atoms with E-state index >= 15 is 0 Å². The fourth-order valence-electron chi connectivity index (χ4n) is 2.68. The van der Waals surface area contributed by atoms with Crippen LogP contribution in [0.15, 0.2) is 24.3 Å². The van der Waals surface area contributed by atoms with Gasteiger partial charge in [0, 0.05) is 18.9 Å². The van der Waals surface area contributed by atoms with Crippen molar-refractivity contribution in [3.8, 4) is 5.75 Å². The molecule has 1 saturated carbocycles. The van der Waals surface area contributed by atoms with Crippen LogP contribution in [0.3, 0.4) is 0 Å². The summed E-state index contributed by atoms with van der Waals surface area (Å²) in [6.07, 6.45) is 2.84. The van der Waals surface area contributed by atoms with Gasteiger partial charge in [-0.1, -0.05) is 0 Å². The Morgan fingerprint density at radius 2 is 1.87 bits per heavy atom. The van der Waals surface area contributed by atoms with Crippen molar-refractivity contribution >= 4 is 17.6 Å². The van der Waals surface area contributed by atoms with Gasteiger partial charge in [0.1, 0.15) is 11.2 Å². The Balaban J connectivity index is 1.51. The van der Waals surface area contributed by atoms with Crippen molar-refractivity contribution in [1.82, 2.24) is 0 Å². The largest absolute Gasteiger partial charge is 0.493 e. The molecule has 6 nitrogen and oxygen atoms in total. The highest BCUT2D eigenvalue weighted by molar-refractivity contribution is 6.10. The van der Waals surface area contributed by atoms with Gasteiger partial charge in [0.15, 0.2) is 0 Å². The fraction of sp³-hybridized carbons (Fsp3) is 0.529. The highest BCUT2D eigenvalue weighted by Crippen LogP contribution is 2.46. The van der Waals surface area contributed by atoms with Gasteiger partial charge < -0.3 is 19.9 Å². The molecule has 1 aromatic rings.